The fourth-order valence-corrected chi connectivity index (χ4v) is 2.35. The largest absolute Gasteiger partial charge is 0.486 e. The number of nitrogen functional groups attached to an aromatic ring is 1. The summed E-state index contributed by atoms with van der Waals surface area (Å²) in [4.78, 5) is 4.37. The molecule has 0 atom stereocenters. The third-order valence-corrected chi connectivity index (χ3v) is 3.59. The van der Waals surface area contributed by atoms with Crippen LogP contribution in [0.1, 0.15) is 21.8 Å². The molecule has 0 amide bonds. The van der Waals surface area contributed by atoms with Gasteiger partial charge in [-0.25, -0.2) is 4.98 Å². The second kappa shape index (κ2) is 4.75. The maximum Gasteiger partial charge on any atom is 0.140 e. The van der Waals surface area contributed by atoms with Crippen molar-refractivity contribution < 1.29 is 4.74 Å². The van der Waals surface area contributed by atoms with Gasteiger partial charge in [-0.15, -0.1) is 11.3 Å². The number of thiazole rings is 1. The molecular formula is C13H16N2OS. The smallest absolute Gasteiger partial charge is 0.140 e. The molecule has 0 saturated carbocycles. The number of aryl methyl sites for hydroxylation is 2. The number of hydrogen-bond acceptors (Lipinski definition) is 4. The van der Waals surface area contributed by atoms with Crippen LogP contribution < -0.4 is 10.5 Å². The standard InChI is InChI=1S/C13H16N2OS/c1-8-4-5-11(14)10(3)13(8)16-6-12-15-9(2)7-17-12/h4-5,7H,6,14H2,1-3H3. The Labute approximate surface area is 105 Å². The van der Waals surface area contributed by atoms with Gasteiger partial charge in [0.25, 0.3) is 0 Å². The van der Waals surface area contributed by atoms with E-state index in [1.807, 2.05) is 38.3 Å². The molecule has 1 aromatic heterocycles. The lowest BCUT2D eigenvalue weighted by molar-refractivity contribution is 0.301. The number of ether oxygens (including phenoxy) is 1. The van der Waals surface area contributed by atoms with Crippen molar-refractivity contribution in [2.75, 3.05) is 5.73 Å². The number of aromatic nitrogens is 1. The molecule has 2 aromatic rings. The van der Waals surface area contributed by atoms with Crippen molar-refractivity contribution >= 4 is 17.0 Å². The average molecular weight is 248 g/mol. The molecule has 1 aromatic carbocycles. The fraction of sp³-hybridized carbons (Fsp3) is 0.308. The van der Waals surface area contributed by atoms with E-state index in [0.29, 0.717) is 6.61 Å². The van der Waals surface area contributed by atoms with Crippen LogP contribution in [0.25, 0.3) is 0 Å². The van der Waals surface area contributed by atoms with E-state index in [2.05, 4.69) is 4.98 Å². The molecule has 0 bridgehead atoms. The lowest BCUT2D eigenvalue weighted by Crippen LogP contribution is -2.01. The van der Waals surface area contributed by atoms with Crippen LogP contribution in [-0.4, -0.2) is 4.98 Å². The first kappa shape index (κ1) is 11.9. The van der Waals surface area contributed by atoms with Crippen molar-refractivity contribution in [2.45, 2.75) is 27.4 Å². The average Bonchev–Trinajstić information content (AvgIpc) is 2.70. The van der Waals surface area contributed by atoms with Crippen LogP contribution in [0.5, 0.6) is 5.75 Å². The maximum atomic E-state index is 5.87. The predicted molar refractivity (Wildman–Crippen MR) is 71.5 cm³/mol. The van der Waals surface area contributed by atoms with Gasteiger partial charge in [-0.1, -0.05) is 6.07 Å². The van der Waals surface area contributed by atoms with E-state index in [-0.39, 0.29) is 0 Å². The van der Waals surface area contributed by atoms with Gasteiger partial charge in [0.2, 0.25) is 0 Å². The topological polar surface area (TPSA) is 48.1 Å². The van der Waals surface area contributed by atoms with Crippen molar-refractivity contribution in [1.82, 2.24) is 4.98 Å². The van der Waals surface area contributed by atoms with Gasteiger partial charge in [0.05, 0.1) is 0 Å². The van der Waals surface area contributed by atoms with Crippen LogP contribution in [0.4, 0.5) is 5.69 Å². The summed E-state index contributed by atoms with van der Waals surface area (Å²) < 4.78 is 5.82. The van der Waals surface area contributed by atoms with Crippen molar-refractivity contribution in [3.05, 3.63) is 39.3 Å². The minimum Gasteiger partial charge on any atom is -0.486 e. The number of nitrogens with zero attached hydrogens (tertiary/aromatic N) is 1. The zero-order valence-corrected chi connectivity index (χ0v) is 11.1. The molecule has 0 aliphatic rings. The second-order valence-corrected chi connectivity index (χ2v) is 5.04. The monoisotopic (exact) mass is 248 g/mol. The molecule has 2 N–H and O–H groups in total. The highest BCUT2D eigenvalue weighted by Crippen LogP contribution is 2.28. The van der Waals surface area contributed by atoms with Gasteiger partial charge in [-0.05, 0) is 32.4 Å². The van der Waals surface area contributed by atoms with Crippen LogP contribution in [0.3, 0.4) is 0 Å². The fourth-order valence-electron chi connectivity index (χ4n) is 1.67. The SMILES string of the molecule is Cc1csc(COc2c(C)ccc(N)c2C)n1. The van der Waals surface area contributed by atoms with E-state index in [1.54, 1.807) is 11.3 Å². The number of nitrogens with two attached hydrogens (primary N) is 1. The summed E-state index contributed by atoms with van der Waals surface area (Å²) in [5.41, 5.74) is 9.77. The number of rotatable bonds is 3. The molecule has 90 valence electrons. The third-order valence-electron chi connectivity index (χ3n) is 2.65. The Morgan fingerprint density at radius 1 is 1.29 bits per heavy atom. The predicted octanol–water partition coefficient (Wildman–Crippen LogP) is 3.23. The van der Waals surface area contributed by atoms with Crippen LogP contribution in [0, 0.1) is 20.8 Å². The van der Waals surface area contributed by atoms with E-state index in [9.17, 15) is 0 Å². The summed E-state index contributed by atoms with van der Waals surface area (Å²) in [5, 5.41) is 3.02. The van der Waals surface area contributed by atoms with Gasteiger partial charge < -0.3 is 10.5 Å². The molecular weight excluding hydrogens is 232 g/mol. The van der Waals surface area contributed by atoms with Crippen LogP contribution in [0.15, 0.2) is 17.5 Å². The molecule has 2 rings (SSSR count). The molecule has 0 radical (unpaired) electrons. The van der Waals surface area contributed by atoms with Crippen molar-refractivity contribution in [3.8, 4) is 5.75 Å². The summed E-state index contributed by atoms with van der Waals surface area (Å²) >= 11 is 1.62. The summed E-state index contributed by atoms with van der Waals surface area (Å²) in [6.07, 6.45) is 0. The molecule has 0 saturated heterocycles. The number of anilines is 1. The van der Waals surface area contributed by atoms with Gasteiger partial charge >= 0.3 is 0 Å². The number of benzene rings is 1. The molecule has 0 fully saturated rings. The summed E-state index contributed by atoms with van der Waals surface area (Å²) in [5.74, 6) is 0.873. The molecule has 0 unspecified atom stereocenters. The van der Waals surface area contributed by atoms with E-state index < -0.39 is 0 Å². The lowest BCUT2D eigenvalue weighted by atomic mass is 10.1. The van der Waals surface area contributed by atoms with E-state index in [1.165, 1.54) is 0 Å². The summed E-state index contributed by atoms with van der Waals surface area (Å²) in [6.45, 7) is 6.49. The Kier molecular flexibility index (Phi) is 3.33. The molecule has 17 heavy (non-hydrogen) atoms. The Morgan fingerprint density at radius 3 is 2.71 bits per heavy atom. The Hall–Kier alpha value is -1.55. The van der Waals surface area contributed by atoms with Gasteiger partial charge in [0, 0.05) is 22.3 Å². The van der Waals surface area contributed by atoms with E-state index in [0.717, 1.165) is 33.3 Å². The summed E-state index contributed by atoms with van der Waals surface area (Å²) in [6, 6.07) is 3.88. The van der Waals surface area contributed by atoms with E-state index in [4.69, 9.17) is 10.5 Å². The Morgan fingerprint density at radius 2 is 2.06 bits per heavy atom. The van der Waals surface area contributed by atoms with Crippen molar-refractivity contribution in [1.29, 1.82) is 0 Å². The van der Waals surface area contributed by atoms with Crippen LogP contribution in [-0.2, 0) is 6.61 Å². The molecule has 0 aliphatic heterocycles. The highest BCUT2D eigenvalue weighted by Gasteiger charge is 2.08. The Bertz CT molecular complexity index is 534. The quantitative estimate of drug-likeness (QED) is 0.848. The van der Waals surface area contributed by atoms with Crippen molar-refractivity contribution in [2.24, 2.45) is 0 Å². The van der Waals surface area contributed by atoms with Gasteiger partial charge in [0.1, 0.15) is 17.4 Å². The lowest BCUT2D eigenvalue weighted by Gasteiger charge is -2.12. The van der Waals surface area contributed by atoms with Gasteiger partial charge in [-0.2, -0.15) is 0 Å². The Balaban J connectivity index is 2.16. The van der Waals surface area contributed by atoms with Gasteiger partial charge in [0.15, 0.2) is 0 Å². The first-order valence-corrected chi connectivity index (χ1v) is 6.35. The third kappa shape index (κ3) is 2.58. The van der Waals surface area contributed by atoms with Crippen LogP contribution in [0.2, 0.25) is 0 Å². The van der Waals surface area contributed by atoms with Crippen LogP contribution >= 0.6 is 11.3 Å². The molecule has 0 spiro atoms. The summed E-state index contributed by atoms with van der Waals surface area (Å²) in [7, 11) is 0. The van der Waals surface area contributed by atoms with Crippen molar-refractivity contribution in [3.63, 3.8) is 0 Å². The zero-order valence-electron chi connectivity index (χ0n) is 10.3. The number of hydrogen-bond donors (Lipinski definition) is 1. The second-order valence-electron chi connectivity index (χ2n) is 4.10. The first-order chi connectivity index (χ1) is 8.08. The maximum absolute atomic E-state index is 5.87. The zero-order chi connectivity index (χ0) is 12.4. The molecule has 0 aliphatic carbocycles. The molecule has 4 heteroatoms. The van der Waals surface area contributed by atoms with Gasteiger partial charge in [-0.3, -0.25) is 0 Å². The minimum absolute atomic E-state index is 0.504. The first-order valence-electron chi connectivity index (χ1n) is 5.47. The normalized spacial score (nSPS) is 10.5. The molecule has 3 nitrogen and oxygen atoms in total. The molecule has 1 heterocycles. The highest BCUT2D eigenvalue weighted by molar-refractivity contribution is 7.09. The minimum atomic E-state index is 0.504. The highest BCUT2D eigenvalue weighted by atomic mass is 32.1. The van der Waals surface area contributed by atoms with E-state index >= 15 is 0 Å².